The maximum Gasteiger partial charge on any atom is 0.233 e. The van der Waals surface area contributed by atoms with Crippen LogP contribution in [0.4, 0.5) is 5.69 Å². The van der Waals surface area contributed by atoms with E-state index >= 15 is 0 Å². The molecule has 0 radical (unpaired) electrons. The zero-order valence-corrected chi connectivity index (χ0v) is 16.4. The monoisotopic (exact) mass is 390 g/mol. The number of benzene rings is 2. The van der Waals surface area contributed by atoms with Gasteiger partial charge < -0.3 is 15.0 Å². The number of morpholine rings is 1. The normalized spacial score (nSPS) is 15.5. The molecule has 2 aromatic carbocycles. The van der Waals surface area contributed by atoms with E-state index in [0.717, 1.165) is 36.8 Å². The molecule has 6 heteroatoms. The number of amides is 1. The Hall–Kier alpha value is -1.69. The van der Waals surface area contributed by atoms with Gasteiger partial charge in [0, 0.05) is 35.2 Å². The lowest BCUT2D eigenvalue weighted by Gasteiger charge is -2.28. The summed E-state index contributed by atoms with van der Waals surface area (Å²) in [7, 11) is 0. The maximum atomic E-state index is 12.3. The van der Waals surface area contributed by atoms with E-state index in [1.165, 1.54) is 17.4 Å². The number of rotatable bonds is 6. The Morgan fingerprint density at radius 3 is 2.46 bits per heavy atom. The van der Waals surface area contributed by atoms with Gasteiger partial charge in [0.15, 0.2) is 0 Å². The Morgan fingerprint density at radius 1 is 1.15 bits per heavy atom. The molecule has 0 saturated carbocycles. The van der Waals surface area contributed by atoms with Gasteiger partial charge in [-0.25, -0.2) is 0 Å². The van der Waals surface area contributed by atoms with E-state index in [-0.39, 0.29) is 11.2 Å². The van der Waals surface area contributed by atoms with Crippen LogP contribution in [0.25, 0.3) is 0 Å². The summed E-state index contributed by atoms with van der Waals surface area (Å²) in [6, 6.07) is 15.9. The third-order valence-electron chi connectivity index (χ3n) is 4.28. The standard InChI is InChI=1S/C20H23ClN2O2S/c1-15(26-19-8-4-17(21)5-9-19)20(24)22-14-16-2-6-18(7-3-16)23-10-12-25-13-11-23/h2-9,15H,10-14H2,1H3,(H,22,24)/t15-/m1/s1. The quantitative estimate of drug-likeness (QED) is 0.757. The number of hydrogen-bond acceptors (Lipinski definition) is 4. The van der Waals surface area contributed by atoms with Gasteiger partial charge in [0.1, 0.15) is 0 Å². The highest BCUT2D eigenvalue weighted by Gasteiger charge is 2.14. The van der Waals surface area contributed by atoms with E-state index < -0.39 is 0 Å². The van der Waals surface area contributed by atoms with Gasteiger partial charge in [-0.15, -0.1) is 11.8 Å². The lowest BCUT2D eigenvalue weighted by atomic mass is 10.2. The van der Waals surface area contributed by atoms with Crippen molar-refractivity contribution in [3.8, 4) is 0 Å². The van der Waals surface area contributed by atoms with Crippen molar-refractivity contribution in [3.63, 3.8) is 0 Å². The SMILES string of the molecule is C[C@@H](Sc1ccc(Cl)cc1)C(=O)NCc1ccc(N2CCOCC2)cc1. The number of nitrogens with zero attached hydrogens (tertiary/aromatic N) is 1. The molecule has 1 N–H and O–H groups in total. The highest BCUT2D eigenvalue weighted by molar-refractivity contribution is 8.00. The number of nitrogens with one attached hydrogen (secondary N) is 1. The molecule has 26 heavy (non-hydrogen) atoms. The van der Waals surface area contributed by atoms with Crippen LogP contribution in [0.3, 0.4) is 0 Å². The van der Waals surface area contributed by atoms with Crippen molar-refractivity contribution in [2.75, 3.05) is 31.2 Å². The maximum absolute atomic E-state index is 12.3. The molecule has 3 rings (SSSR count). The van der Waals surface area contributed by atoms with Gasteiger partial charge in [-0.2, -0.15) is 0 Å². The molecule has 1 heterocycles. The smallest absolute Gasteiger partial charge is 0.233 e. The molecule has 0 unspecified atom stereocenters. The second kappa shape index (κ2) is 9.31. The summed E-state index contributed by atoms with van der Waals surface area (Å²) in [5.41, 5.74) is 2.30. The molecule has 1 aliphatic heterocycles. The lowest BCUT2D eigenvalue weighted by molar-refractivity contribution is -0.120. The minimum Gasteiger partial charge on any atom is -0.378 e. The summed E-state index contributed by atoms with van der Waals surface area (Å²) in [6.07, 6.45) is 0. The summed E-state index contributed by atoms with van der Waals surface area (Å²) in [6.45, 7) is 5.86. The fourth-order valence-corrected chi connectivity index (χ4v) is 3.77. The number of ether oxygens (including phenoxy) is 1. The number of thioether (sulfide) groups is 1. The fourth-order valence-electron chi connectivity index (χ4n) is 2.75. The first-order chi connectivity index (χ1) is 12.6. The second-order valence-corrected chi connectivity index (χ2v) is 8.05. The summed E-state index contributed by atoms with van der Waals surface area (Å²) in [5, 5.41) is 3.55. The van der Waals surface area contributed by atoms with Crippen LogP contribution in [0.5, 0.6) is 0 Å². The Labute approximate surface area is 163 Å². The average molecular weight is 391 g/mol. The third-order valence-corrected chi connectivity index (χ3v) is 5.64. The van der Waals surface area contributed by atoms with E-state index in [2.05, 4.69) is 34.5 Å². The molecule has 4 nitrogen and oxygen atoms in total. The molecular weight excluding hydrogens is 368 g/mol. The number of carbonyl (C=O) groups excluding carboxylic acids is 1. The van der Waals surface area contributed by atoms with E-state index in [9.17, 15) is 4.79 Å². The van der Waals surface area contributed by atoms with E-state index in [4.69, 9.17) is 16.3 Å². The molecule has 2 aromatic rings. The van der Waals surface area contributed by atoms with Crippen LogP contribution >= 0.6 is 23.4 Å². The van der Waals surface area contributed by atoms with Crippen LogP contribution in [0.1, 0.15) is 12.5 Å². The first-order valence-electron chi connectivity index (χ1n) is 8.73. The van der Waals surface area contributed by atoms with Crippen molar-refractivity contribution < 1.29 is 9.53 Å². The zero-order chi connectivity index (χ0) is 18.4. The van der Waals surface area contributed by atoms with Gasteiger partial charge in [0.05, 0.1) is 18.5 Å². The van der Waals surface area contributed by atoms with Crippen LogP contribution < -0.4 is 10.2 Å². The fraction of sp³-hybridized carbons (Fsp3) is 0.350. The van der Waals surface area contributed by atoms with E-state index in [1.807, 2.05) is 31.2 Å². The van der Waals surface area contributed by atoms with Crippen LogP contribution in [0.2, 0.25) is 5.02 Å². The predicted octanol–water partition coefficient (Wildman–Crippen LogP) is 3.97. The highest BCUT2D eigenvalue weighted by Crippen LogP contribution is 2.25. The Balaban J connectivity index is 1.48. The Kier molecular flexibility index (Phi) is 6.83. The Morgan fingerprint density at radius 2 is 1.81 bits per heavy atom. The summed E-state index contributed by atoms with van der Waals surface area (Å²) >= 11 is 7.42. The number of hydrogen-bond donors (Lipinski definition) is 1. The second-order valence-electron chi connectivity index (χ2n) is 6.20. The Bertz CT molecular complexity index is 716. The van der Waals surface area contributed by atoms with Gasteiger partial charge in [-0.1, -0.05) is 23.7 Å². The number of halogens is 1. The van der Waals surface area contributed by atoms with Crippen LogP contribution in [-0.4, -0.2) is 37.5 Å². The van der Waals surface area contributed by atoms with Crippen molar-refractivity contribution in [3.05, 3.63) is 59.1 Å². The summed E-state index contributed by atoms with van der Waals surface area (Å²) in [4.78, 5) is 15.7. The van der Waals surface area contributed by atoms with Crippen LogP contribution in [-0.2, 0) is 16.1 Å². The molecule has 1 fully saturated rings. The minimum atomic E-state index is -0.163. The summed E-state index contributed by atoms with van der Waals surface area (Å²) in [5.74, 6) is 0.0298. The molecule has 0 spiro atoms. The molecule has 0 aliphatic carbocycles. The van der Waals surface area contributed by atoms with Gasteiger partial charge >= 0.3 is 0 Å². The number of anilines is 1. The van der Waals surface area contributed by atoms with E-state index in [0.29, 0.717) is 11.6 Å². The molecule has 0 aromatic heterocycles. The average Bonchev–Trinajstić information content (AvgIpc) is 2.69. The first-order valence-corrected chi connectivity index (χ1v) is 9.99. The number of carbonyl (C=O) groups is 1. The van der Waals surface area contributed by atoms with Gasteiger partial charge in [0.2, 0.25) is 5.91 Å². The highest BCUT2D eigenvalue weighted by atomic mass is 35.5. The minimum absolute atomic E-state index is 0.0298. The van der Waals surface area contributed by atoms with Crippen molar-refractivity contribution >= 4 is 35.0 Å². The predicted molar refractivity (Wildman–Crippen MR) is 108 cm³/mol. The van der Waals surface area contributed by atoms with Crippen molar-refractivity contribution in [1.82, 2.24) is 5.32 Å². The van der Waals surface area contributed by atoms with Gasteiger partial charge in [0.25, 0.3) is 0 Å². The molecule has 1 saturated heterocycles. The van der Waals surface area contributed by atoms with Crippen molar-refractivity contribution in [2.45, 2.75) is 23.6 Å². The van der Waals surface area contributed by atoms with Gasteiger partial charge in [-0.3, -0.25) is 4.79 Å². The zero-order valence-electron chi connectivity index (χ0n) is 14.8. The first kappa shape index (κ1) is 19.1. The molecule has 0 bridgehead atoms. The summed E-state index contributed by atoms with van der Waals surface area (Å²) < 4.78 is 5.38. The van der Waals surface area contributed by atoms with Crippen LogP contribution in [0.15, 0.2) is 53.4 Å². The molecule has 138 valence electrons. The molecule has 1 amide bonds. The molecule has 1 atom stereocenters. The molecule has 1 aliphatic rings. The third kappa shape index (κ3) is 5.40. The van der Waals surface area contributed by atoms with Gasteiger partial charge in [-0.05, 0) is 48.9 Å². The van der Waals surface area contributed by atoms with Crippen LogP contribution in [0, 0.1) is 0 Å². The lowest BCUT2D eigenvalue weighted by Crippen LogP contribution is -2.36. The van der Waals surface area contributed by atoms with Crippen molar-refractivity contribution in [2.24, 2.45) is 0 Å². The van der Waals surface area contributed by atoms with E-state index in [1.54, 1.807) is 0 Å². The largest absolute Gasteiger partial charge is 0.378 e. The topological polar surface area (TPSA) is 41.6 Å². The molecular formula is C20H23ClN2O2S. The van der Waals surface area contributed by atoms with Crippen molar-refractivity contribution in [1.29, 1.82) is 0 Å².